The molecule has 0 saturated carbocycles. The first-order valence-corrected chi connectivity index (χ1v) is 8.61. The van der Waals surface area contributed by atoms with Gasteiger partial charge in [0.1, 0.15) is 12.7 Å². The molecule has 6 nitrogen and oxygen atoms in total. The van der Waals surface area contributed by atoms with Gasteiger partial charge in [0, 0.05) is 17.8 Å². The van der Waals surface area contributed by atoms with Gasteiger partial charge in [0.25, 0.3) is 5.91 Å². The van der Waals surface area contributed by atoms with Gasteiger partial charge in [-0.15, -0.1) is 0 Å². The minimum atomic E-state index is -0.849. The molecule has 6 heteroatoms. The van der Waals surface area contributed by atoms with E-state index in [2.05, 4.69) is 5.32 Å². The highest BCUT2D eigenvalue weighted by Gasteiger charge is 2.33. The molecule has 1 fully saturated rings. The number of carbonyl (C=O) groups excluding carboxylic acids is 2. The predicted octanol–water partition coefficient (Wildman–Crippen LogP) is 2.22. The van der Waals surface area contributed by atoms with Crippen LogP contribution >= 0.6 is 0 Å². The molecule has 26 heavy (non-hydrogen) atoms. The number of aliphatic hydroxyl groups is 1. The Balaban J connectivity index is 1.69. The zero-order valence-electron chi connectivity index (χ0n) is 14.6. The Morgan fingerprint density at radius 3 is 2.58 bits per heavy atom. The fourth-order valence-corrected chi connectivity index (χ4v) is 3.08. The second kappa shape index (κ2) is 8.12. The molecule has 0 aliphatic carbocycles. The van der Waals surface area contributed by atoms with Crippen LogP contribution in [0.2, 0.25) is 0 Å². The van der Waals surface area contributed by atoms with Crippen LogP contribution in [-0.4, -0.2) is 47.6 Å². The van der Waals surface area contributed by atoms with Gasteiger partial charge in [-0.1, -0.05) is 30.3 Å². The van der Waals surface area contributed by atoms with Crippen molar-refractivity contribution >= 4 is 17.5 Å². The molecule has 2 amide bonds. The van der Waals surface area contributed by atoms with Crippen molar-refractivity contribution < 1.29 is 19.4 Å². The highest BCUT2D eigenvalue weighted by atomic mass is 16.5. The summed E-state index contributed by atoms with van der Waals surface area (Å²) in [6, 6.07) is 15.5. The zero-order valence-corrected chi connectivity index (χ0v) is 14.6. The molecule has 0 radical (unpaired) electrons. The average molecular weight is 354 g/mol. The zero-order chi connectivity index (χ0) is 18.5. The van der Waals surface area contributed by atoms with Crippen molar-refractivity contribution in [1.82, 2.24) is 4.90 Å². The van der Waals surface area contributed by atoms with Gasteiger partial charge in [0.05, 0.1) is 12.6 Å². The van der Waals surface area contributed by atoms with Crippen LogP contribution in [0.5, 0.6) is 0 Å². The minimum Gasteiger partial charge on any atom is -0.386 e. The Hall–Kier alpha value is -2.70. The Bertz CT molecular complexity index is 761. The number of amides is 2. The second-order valence-electron chi connectivity index (χ2n) is 6.15. The van der Waals surface area contributed by atoms with Gasteiger partial charge in [0.15, 0.2) is 0 Å². The molecule has 0 spiro atoms. The lowest BCUT2D eigenvalue weighted by Crippen LogP contribution is -2.51. The highest BCUT2D eigenvalue weighted by Crippen LogP contribution is 2.25. The first kappa shape index (κ1) is 18.1. The lowest BCUT2D eigenvalue weighted by atomic mass is 10.00. The van der Waals surface area contributed by atoms with Crippen molar-refractivity contribution in [3.63, 3.8) is 0 Å². The third-order valence-corrected chi connectivity index (χ3v) is 4.49. The van der Waals surface area contributed by atoms with Crippen molar-refractivity contribution in [2.24, 2.45) is 0 Å². The number of likely N-dealkylation sites (N-methyl/N-ethyl adjacent to an activating group) is 1. The van der Waals surface area contributed by atoms with Crippen molar-refractivity contribution in [3.8, 4) is 0 Å². The molecule has 1 heterocycles. The molecular weight excluding hydrogens is 332 g/mol. The molecule has 2 aromatic carbocycles. The quantitative estimate of drug-likeness (QED) is 0.863. The summed E-state index contributed by atoms with van der Waals surface area (Å²) in [6.45, 7) is 2.76. The van der Waals surface area contributed by atoms with E-state index in [4.69, 9.17) is 4.74 Å². The summed E-state index contributed by atoms with van der Waals surface area (Å²) in [6.07, 6.45) is -0.849. The minimum absolute atomic E-state index is 0.0571. The van der Waals surface area contributed by atoms with Crippen molar-refractivity contribution in [1.29, 1.82) is 0 Å². The summed E-state index contributed by atoms with van der Waals surface area (Å²) in [4.78, 5) is 25.7. The second-order valence-corrected chi connectivity index (χ2v) is 6.15. The first-order valence-electron chi connectivity index (χ1n) is 8.61. The van der Waals surface area contributed by atoms with E-state index < -0.39 is 12.1 Å². The fraction of sp³-hybridized carbons (Fsp3) is 0.300. The summed E-state index contributed by atoms with van der Waals surface area (Å²) in [5, 5.41) is 13.5. The molecule has 3 rings (SSSR count). The molecule has 1 aliphatic rings. The summed E-state index contributed by atoms with van der Waals surface area (Å²) < 4.78 is 5.29. The Morgan fingerprint density at radius 2 is 1.92 bits per heavy atom. The Labute approximate surface area is 152 Å². The van der Waals surface area contributed by atoms with Gasteiger partial charge in [-0.2, -0.15) is 0 Å². The van der Waals surface area contributed by atoms with Crippen LogP contribution in [0, 0.1) is 0 Å². The number of benzene rings is 2. The van der Waals surface area contributed by atoms with Crippen LogP contribution in [0.25, 0.3) is 0 Å². The normalized spacial score (nSPS) is 18.5. The molecule has 2 N–H and O–H groups in total. The topological polar surface area (TPSA) is 78.9 Å². The molecule has 1 saturated heterocycles. The molecule has 0 unspecified atom stereocenters. The Kier molecular flexibility index (Phi) is 5.65. The number of nitrogens with zero attached hydrogens (tertiary/aromatic N) is 1. The number of aliphatic hydroxyl groups excluding tert-OH is 1. The summed E-state index contributed by atoms with van der Waals surface area (Å²) in [5.74, 6) is -0.308. The number of carbonyl (C=O) groups is 2. The molecule has 0 bridgehead atoms. The lowest BCUT2D eigenvalue weighted by molar-refractivity contribution is -0.153. The number of ether oxygens (including phenoxy) is 1. The van der Waals surface area contributed by atoms with Gasteiger partial charge in [-0.25, -0.2) is 0 Å². The molecule has 2 aromatic rings. The number of rotatable bonds is 5. The van der Waals surface area contributed by atoms with Gasteiger partial charge in [0.2, 0.25) is 5.91 Å². The lowest BCUT2D eigenvalue weighted by Gasteiger charge is -2.37. The van der Waals surface area contributed by atoms with Gasteiger partial charge in [-0.05, 0) is 36.8 Å². The highest BCUT2D eigenvalue weighted by molar-refractivity contribution is 6.04. The van der Waals surface area contributed by atoms with Gasteiger partial charge >= 0.3 is 0 Å². The monoisotopic (exact) mass is 354 g/mol. The smallest absolute Gasteiger partial charge is 0.255 e. The van der Waals surface area contributed by atoms with E-state index in [9.17, 15) is 14.7 Å². The van der Waals surface area contributed by atoms with Crippen LogP contribution in [0.3, 0.4) is 0 Å². The van der Waals surface area contributed by atoms with Crippen LogP contribution in [0.4, 0.5) is 5.69 Å². The maximum atomic E-state index is 12.2. The van der Waals surface area contributed by atoms with Crippen molar-refractivity contribution in [3.05, 3.63) is 65.7 Å². The van der Waals surface area contributed by atoms with Crippen LogP contribution in [-0.2, 0) is 9.53 Å². The van der Waals surface area contributed by atoms with Crippen LogP contribution in [0.1, 0.15) is 28.9 Å². The fourth-order valence-electron chi connectivity index (χ4n) is 3.08. The van der Waals surface area contributed by atoms with E-state index in [1.54, 1.807) is 53.4 Å². The summed E-state index contributed by atoms with van der Waals surface area (Å²) in [7, 11) is 0. The molecule has 0 aromatic heterocycles. The third kappa shape index (κ3) is 3.92. The molecular formula is C20H22N2O4. The number of hydrogen-bond acceptors (Lipinski definition) is 4. The maximum Gasteiger partial charge on any atom is 0.255 e. The Morgan fingerprint density at radius 1 is 1.23 bits per heavy atom. The SMILES string of the molecule is CCN1C(=O)COC[C@@H]1[C@H](O)c1ccc(NC(=O)c2ccccc2)cc1. The third-order valence-electron chi connectivity index (χ3n) is 4.49. The van der Waals surface area contributed by atoms with Crippen LogP contribution in [0.15, 0.2) is 54.6 Å². The van der Waals surface area contributed by atoms with E-state index in [0.717, 1.165) is 0 Å². The van der Waals surface area contributed by atoms with Gasteiger partial charge in [-0.3, -0.25) is 9.59 Å². The number of nitrogens with one attached hydrogen (secondary N) is 1. The first-order chi connectivity index (χ1) is 12.6. The predicted molar refractivity (Wildman–Crippen MR) is 97.8 cm³/mol. The number of hydrogen-bond donors (Lipinski definition) is 2. The van der Waals surface area contributed by atoms with E-state index in [1.165, 1.54) is 0 Å². The van der Waals surface area contributed by atoms with Crippen molar-refractivity contribution in [2.75, 3.05) is 25.1 Å². The van der Waals surface area contributed by atoms with Crippen LogP contribution < -0.4 is 5.32 Å². The number of morpholine rings is 1. The standard InChI is InChI=1S/C20H22N2O4/c1-2-22-17(12-26-13-18(22)23)19(24)14-8-10-16(11-9-14)21-20(25)15-6-4-3-5-7-15/h3-11,17,19,24H,2,12-13H2,1H3,(H,21,25)/t17-,19-/m1/s1. The summed E-state index contributed by atoms with van der Waals surface area (Å²) in [5.41, 5.74) is 1.88. The molecule has 2 atom stereocenters. The van der Waals surface area contributed by atoms with E-state index >= 15 is 0 Å². The van der Waals surface area contributed by atoms with E-state index in [0.29, 0.717) is 30.0 Å². The summed E-state index contributed by atoms with van der Waals surface area (Å²) >= 11 is 0. The van der Waals surface area contributed by atoms with Crippen molar-refractivity contribution in [2.45, 2.75) is 19.1 Å². The molecule has 1 aliphatic heterocycles. The van der Waals surface area contributed by atoms with E-state index in [1.807, 2.05) is 13.0 Å². The van der Waals surface area contributed by atoms with E-state index in [-0.39, 0.29) is 18.4 Å². The average Bonchev–Trinajstić information content (AvgIpc) is 2.68. The van der Waals surface area contributed by atoms with Gasteiger partial charge < -0.3 is 20.1 Å². The number of anilines is 1. The largest absolute Gasteiger partial charge is 0.386 e. The maximum absolute atomic E-state index is 12.2. The molecule has 136 valence electrons.